The summed E-state index contributed by atoms with van der Waals surface area (Å²) in [5.74, 6) is -0.668. The smallest absolute Gasteiger partial charge is 0.323 e. The van der Waals surface area contributed by atoms with Gasteiger partial charge in [0.1, 0.15) is 6.54 Å². The molecular weight excluding hydrogens is 246 g/mol. The van der Waals surface area contributed by atoms with E-state index in [9.17, 15) is 9.59 Å². The van der Waals surface area contributed by atoms with E-state index < -0.39 is 5.97 Å². The molecule has 0 bridgehead atoms. The summed E-state index contributed by atoms with van der Waals surface area (Å²) < 4.78 is 1.55. The van der Waals surface area contributed by atoms with Crippen LogP contribution in [0.3, 0.4) is 0 Å². The van der Waals surface area contributed by atoms with E-state index in [-0.39, 0.29) is 24.0 Å². The van der Waals surface area contributed by atoms with Gasteiger partial charge in [-0.2, -0.15) is 0 Å². The van der Waals surface area contributed by atoms with Crippen molar-refractivity contribution in [2.75, 3.05) is 11.4 Å². The minimum Gasteiger partial charge on any atom is -0.480 e. The van der Waals surface area contributed by atoms with Crippen LogP contribution in [0.25, 0.3) is 0 Å². The van der Waals surface area contributed by atoms with Crippen molar-refractivity contribution >= 4 is 11.8 Å². The average molecular weight is 265 g/mol. The highest BCUT2D eigenvalue weighted by atomic mass is 16.4. The summed E-state index contributed by atoms with van der Waals surface area (Å²) >= 11 is 0. The third-order valence-corrected chi connectivity index (χ3v) is 3.58. The maximum Gasteiger partial charge on any atom is 0.323 e. The fourth-order valence-electron chi connectivity index (χ4n) is 2.62. The standard InChI is InChI=1S/C13H19N3O3/c1-2-15-8-7-14-12(13(15)19)16(9-11(17)18)10-5-3-4-6-10/h7-8,10H,2-6,9H2,1H3,(H,17,18). The van der Waals surface area contributed by atoms with E-state index in [1.54, 1.807) is 21.9 Å². The number of rotatable bonds is 5. The van der Waals surface area contributed by atoms with Crippen molar-refractivity contribution in [1.29, 1.82) is 0 Å². The van der Waals surface area contributed by atoms with Gasteiger partial charge in [-0.3, -0.25) is 9.59 Å². The maximum atomic E-state index is 12.2. The first-order valence-electron chi connectivity index (χ1n) is 6.67. The molecule has 0 unspecified atom stereocenters. The third-order valence-electron chi connectivity index (χ3n) is 3.58. The molecule has 1 fully saturated rings. The average Bonchev–Trinajstić information content (AvgIpc) is 2.90. The van der Waals surface area contributed by atoms with Crippen LogP contribution in [0.1, 0.15) is 32.6 Å². The van der Waals surface area contributed by atoms with Gasteiger partial charge in [0.15, 0.2) is 5.82 Å². The zero-order valence-corrected chi connectivity index (χ0v) is 11.1. The van der Waals surface area contributed by atoms with Crippen molar-refractivity contribution in [3.05, 3.63) is 22.7 Å². The third kappa shape index (κ3) is 2.94. The summed E-state index contributed by atoms with van der Waals surface area (Å²) in [5.41, 5.74) is -0.210. The number of aryl methyl sites for hydroxylation is 1. The van der Waals surface area contributed by atoms with Crippen molar-refractivity contribution in [3.63, 3.8) is 0 Å². The van der Waals surface area contributed by atoms with Crippen LogP contribution in [0.15, 0.2) is 17.2 Å². The number of nitrogens with zero attached hydrogens (tertiary/aromatic N) is 3. The monoisotopic (exact) mass is 265 g/mol. The van der Waals surface area contributed by atoms with Crippen LogP contribution in [-0.2, 0) is 11.3 Å². The van der Waals surface area contributed by atoms with E-state index in [2.05, 4.69) is 4.98 Å². The molecule has 0 radical (unpaired) electrons. The lowest BCUT2D eigenvalue weighted by Gasteiger charge is -2.27. The second kappa shape index (κ2) is 5.86. The summed E-state index contributed by atoms with van der Waals surface area (Å²) in [5, 5.41) is 9.04. The first kappa shape index (κ1) is 13.6. The lowest BCUT2D eigenvalue weighted by Crippen LogP contribution is -2.42. The molecule has 1 aliphatic carbocycles. The number of carbonyl (C=O) groups is 1. The Labute approximate surface area is 111 Å². The minimum atomic E-state index is -0.931. The van der Waals surface area contributed by atoms with Crippen LogP contribution in [0, 0.1) is 0 Å². The van der Waals surface area contributed by atoms with Crippen molar-refractivity contribution in [1.82, 2.24) is 9.55 Å². The number of hydrogen-bond acceptors (Lipinski definition) is 4. The SMILES string of the molecule is CCn1ccnc(N(CC(=O)O)C2CCCC2)c1=O. The summed E-state index contributed by atoms with van der Waals surface area (Å²) in [6, 6.07) is 0.115. The molecule has 0 aliphatic heterocycles. The molecule has 0 spiro atoms. The van der Waals surface area contributed by atoms with Gasteiger partial charge in [-0.1, -0.05) is 12.8 Å². The predicted octanol–water partition coefficient (Wildman–Crippen LogP) is 1.10. The molecule has 0 atom stereocenters. The molecule has 1 heterocycles. The summed E-state index contributed by atoms with van der Waals surface area (Å²) in [4.78, 5) is 29.0. The first-order chi connectivity index (χ1) is 9.13. The number of aliphatic carboxylic acids is 1. The second-order valence-corrected chi connectivity index (χ2v) is 4.80. The van der Waals surface area contributed by atoms with Gasteiger partial charge in [0.25, 0.3) is 5.56 Å². The molecule has 0 aromatic carbocycles. The van der Waals surface area contributed by atoms with Crippen LogP contribution in [0.5, 0.6) is 0 Å². The fourth-order valence-corrected chi connectivity index (χ4v) is 2.62. The Morgan fingerprint density at radius 3 is 2.79 bits per heavy atom. The number of hydrogen-bond donors (Lipinski definition) is 1. The van der Waals surface area contributed by atoms with E-state index in [0.717, 1.165) is 25.7 Å². The molecule has 2 rings (SSSR count). The summed E-state index contributed by atoms with van der Waals surface area (Å²) in [6.45, 7) is 2.27. The second-order valence-electron chi connectivity index (χ2n) is 4.80. The molecule has 1 aromatic heterocycles. The number of carboxylic acid groups (broad SMARTS) is 1. The molecule has 19 heavy (non-hydrogen) atoms. The van der Waals surface area contributed by atoms with E-state index in [0.29, 0.717) is 6.54 Å². The van der Waals surface area contributed by atoms with E-state index in [1.165, 1.54) is 0 Å². The molecule has 0 saturated heterocycles. The Hall–Kier alpha value is -1.85. The van der Waals surface area contributed by atoms with Crippen LogP contribution < -0.4 is 10.5 Å². The Balaban J connectivity index is 2.37. The van der Waals surface area contributed by atoms with Crippen molar-refractivity contribution in [2.45, 2.75) is 45.2 Å². The van der Waals surface area contributed by atoms with Crippen molar-refractivity contribution in [3.8, 4) is 0 Å². The largest absolute Gasteiger partial charge is 0.480 e. The van der Waals surface area contributed by atoms with Gasteiger partial charge in [0, 0.05) is 25.0 Å². The maximum absolute atomic E-state index is 12.2. The molecule has 104 valence electrons. The molecule has 1 N–H and O–H groups in total. The fraction of sp³-hybridized carbons (Fsp3) is 0.615. The Morgan fingerprint density at radius 1 is 1.53 bits per heavy atom. The van der Waals surface area contributed by atoms with Crippen LogP contribution >= 0.6 is 0 Å². The Kier molecular flexibility index (Phi) is 4.19. The topological polar surface area (TPSA) is 75.4 Å². The lowest BCUT2D eigenvalue weighted by atomic mass is 10.2. The number of carboxylic acids is 1. The van der Waals surface area contributed by atoms with Gasteiger partial charge in [-0.25, -0.2) is 4.98 Å². The first-order valence-corrected chi connectivity index (χ1v) is 6.67. The number of anilines is 1. The zero-order valence-electron chi connectivity index (χ0n) is 11.1. The van der Waals surface area contributed by atoms with Gasteiger partial charge >= 0.3 is 5.97 Å². The van der Waals surface area contributed by atoms with Gasteiger partial charge in [0.2, 0.25) is 0 Å². The van der Waals surface area contributed by atoms with E-state index in [1.807, 2.05) is 6.92 Å². The molecule has 6 nitrogen and oxygen atoms in total. The highest BCUT2D eigenvalue weighted by Crippen LogP contribution is 2.25. The molecule has 1 saturated carbocycles. The van der Waals surface area contributed by atoms with Crippen molar-refractivity contribution < 1.29 is 9.90 Å². The Morgan fingerprint density at radius 2 is 2.21 bits per heavy atom. The quantitative estimate of drug-likeness (QED) is 0.862. The summed E-state index contributed by atoms with van der Waals surface area (Å²) in [6.07, 6.45) is 7.19. The zero-order chi connectivity index (χ0) is 13.8. The van der Waals surface area contributed by atoms with Gasteiger partial charge in [-0.05, 0) is 19.8 Å². The van der Waals surface area contributed by atoms with Gasteiger partial charge < -0.3 is 14.6 Å². The molecular formula is C13H19N3O3. The van der Waals surface area contributed by atoms with Gasteiger partial charge in [-0.15, -0.1) is 0 Å². The van der Waals surface area contributed by atoms with Crippen LogP contribution in [0.2, 0.25) is 0 Å². The highest BCUT2D eigenvalue weighted by Gasteiger charge is 2.27. The lowest BCUT2D eigenvalue weighted by molar-refractivity contribution is -0.135. The highest BCUT2D eigenvalue weighted by molar-refractivity contribution is 5.73. The number of aromatic nitrogens is 2. The molecule has 1 aliphatic rings. The minimum absolute atomic E-state index is 0.115. The molecule has 6 heteroatoms. The van der Waals surface area contributed by atoms with Crippen molar-refractivity contribution in [2.24, 2.45) is 0 Å². The van der Waals surface area contributed by atoms with Crippen LogP contribution in [-0.4, -0.2) is 33.2 Å². The van der Waals surface area contributed by atoms with Gasteiger partial charge in [0.05, 0.1) is 0 Å². The van der Waals surface area contributed by atoms with E-state index >= 15 is 0 Å². The molecule has 1 aromatic rings. The summed E-state index contributed by atoms with van der Waals surface area (Å²) in [7, 11) is 0. The van der Waals surface area contributed by atoms with E-state index in [4.69, 9.17) is 5.11 Å². The predicted molar refractivity (Wildman–Crippen MR) is 71.4 cm³/mol. The molecule has 0 amide bonds. The van der Waals surface area contributed by atoms with Crippen LogP contribution in [0.4, 0.5) is 5.82 Å². The normalized spacial score (nSPS) is 15.6. The Bertz CT molecular complexity index is 506.